The normalized spacial score (nSPS) is 11.7. The summed E-state index contributed by atoms with van der Waals surface area (Å²) in [6.07, 6.45) is 0.616. The van der Waals surface area contributed by atoms with Crippen LogP contribution in [-0.4, -0.2) is 30.1 Å². The summed E-state index contributed by atoms with van der Waals surface area (Å²) in [5, 5.41) is 7.85. The Morgan fingerprint density at radius 1 is 0.783 bits per heavy atom. The van der Waals surface area contributed by atoms with Crippen LogP contribution in [0.15, 0.2) is 123 Å². The maximum atomic E-state index is 13.4. The summed E-state index contributed by atoms with van der Waals surface area (Å²) < 4.78 is 37.1. The lowest BCUT2D eigenvalue weighted by molar-refractivity contribution is 0.0724. The second kappa shape index (κ2) is 16.4. The van der Waals surface area contributed by atoms with Crippen LogP contribution in [0, 0.1) is 6.92 Å². The van der Waals surface area contributed by atoms with E-state index in [1.54, 1.807) is 13.0 Å². The Hall–Kier alpha value is -4.15. The largest absolute Gasteiger partial charge is 0.346 e. The van der Waals surface area contributed by atoms with E-state index >= 15 is 0 Å². The standard InChI is InChI=1S/C16H14N2O.C9H10BrF2O2P.C9H8N2O/c1-12(13-8-4-2-5-9-13)16-17-15(18-19-16)14-10-6-3-7-11-14;1-2-6-3-4-8(10)7(5-6)9(11,12)15(13)14;1-7-10-9(11-12-7)8-5-3-2-4-6-8/h2-12H,1H3;3-5,13-14H,2H2,1H3;2-6H,1H3. The molecule has 8 nitrogen and oxygen atoms in total. The van der Waals surface area contributed by atoms with Crippen molar-refractivity contribution < 1.29 is 27.6 Å². The number of hydrogen-bond acceptors (Lipinski definition) is 8. The Balaban J connectivity index is 0.000000161. The summed E-state index contributed by atoms with van der Waals surface area (Å²) in [5.74, 6) is 2.62. The van der Waals surface area contributed by atoms with E-state index in [-0.39, 0.29) is 16.0 Å². The minimum Gasteiger partial charge on any atom is -0.346 e. The highest BCUT2D eigenvalue weighted by molar-refractivity contribution is 9.10. The first-order chi connectivity index (χ1) is 22.1. The Kier molecular flexibility index (Phi) is 12.4. The van der Waals surface area contributed by atoms with Gasteiger partial charge in [-0.25, -0.2) is 0 Å². The Bertz CT molecular complexity index is 1790. The van der Waals surface area contributed by atoms with Gasteiger partial charge in [-0.05, 0) is 36.6 Å². The third kappa shape index (κ3) is 9.20. The molecule has 0 amide bonds. The molecular weight excluding hydrogens is 677 g/mol. The molecule has 0 fully saturated rings. The molecule has 12 heteroatoms. The highest BCUT2D eigenvalue weighted by Gasteiger charge is 2.42. The highest BCUT2D eigenvalue weighted by atomic mass is 79.9. The van der Waals surface area contributed by atoms with Gasteiger partial charge in [0.15, 0.2) is 0 Å². The van der Waals surface area contributed by atoms with Crippen LogP contribution in [0.3, 0.4) is 0 Å². The van der Waals surface area contributed by atoms with Crippen molar-refractivity contribution in [2.24, 2.45) is 0 Å². The molecule has 6 rings (SSSR count). The van der Waals surface area contributed by atoms with Gasteiger partial charge < -0.3 is 18.8 Å². The monoisotopic (exact) mass is 708 g/mol. The summed E-state index contributed by atoms with van der Waals surface area (Å²) in [7, 11) is -3.32. The van der Waals surface area contributed by atoms with Gasteiger partial charge in [0.1, 0.15) is 0 Å². The molecule has 6 aromatic rings. The Labute approximate surface area is 275 Å². The van der Waals surface area contributed by atoms with Crippen LogP contribution in [0.5, 0.6) is 0 Å². The van der Waals surface area contributed by atoms with Crippen molar-refractivity contribution >= 4 is 24.3 Å². The van der Waals surface area contributed by atoms with Crippen LogP contribution in [-0.2, 0) is 12.1 Å². The molecule has 0 aliphatic rings. The Morgan fingerprint density at radius 3 is 1.80 bits per heavy atom. The number of rotatable bonds is 7. The van der Waals surface area contributed by atoms with Gasteiger partial charge in [0.2, 0.25) is 31.8 Å². The fourth-order valence-corrected chi connectivity index (χ4v) is 5.18. The first-order valence-corrected chi connectivity index (χ1v) is 16.3. The van der Waals surface area contributed by atoms with Gasteiger partial charge >= 0.3 is 5.66 Å². The van der Waals surface area contributed by atoms with Gasteiger partial charge in [0.25, 0.3) is 0 Å². The second-order valence-electron chi connectivity index (χ2n) is 9.96. The lowest BCUT2D eigenvalue weighted by atomic mass is 10.0. The van der Waals surface area contributed by atoms with E-state index in [1.807, 2.05) is 85.8 Å². The Morgan fingerprint density at radius 2 is 1.30 bits per heavy atom. The van der Waals surface area contributed by atoms with Crippen LogP contribution < -0.4 is 0 Å². The first-order valence-electron chi connectivity index (χ1n) is 14.2. The van der Waals surface area contributed by atoms with E-state index in [2.05, 4.69) is 55.3 Å². The fraction of sp³-hybridized carbons (Fsp3) is 0.176. The summed E-state index contributed by atoms with van der Waals surface area (Å²) in [5.41, 5.74) is -0.125. The van der Waals surface area contributed by atoms with E-state index in [1.165, 1.54) is 17.7 Å². The third-order valence-corrected chi connectivity index (χ3v) is 8.15. The van der Waals surface area contributed by atoms with Crippen molar-refractivity contribution in [1.29, 1.82) is 0 Å². The van der Waals surface area contributed by atoms with E-state index in [0.717, 1.165) is 16.7 Å². The smallest absolute Gasteiger partial charge is 0.340 e. The average molecular weight is 710 g/mol. The van der Waals surface area contributed by atoms with Crippen molar-refractivity contribution in [3.05, 3.63) is 142 Å². The van der Waals surface area contributed by atoms with E-state index in [0.29, 0.717) is 29.9 Å². The van der Waals surface area contributed by atoms with E-state index in [4.69, 9.17) is 18.8 Å². The van der Waals surface area contributed by atoms with Gasteiger partial charge in [-0.2, -0.15) is 18.7 Å². The van der Waals surface area contributed by atoms with Gasteiger partial charge in [0, 0.05) is 28.1 Å². The number of hydrogen-bond donors (Lipinski definition) is 2. The summed E-state index contributed by atoms with van der Waals surface area (Å²) >= 11 is 2.97. The molecule has 0 saturated carbocycles. The highest BCUT2D eigenvalue weighted by Crippen LogP contribution is 2.54. The van der Waals surface area contributed by atoms with Crippen LogP contribution in [0.1, 0.15) is 48.2 Å². The van der Waals surface area contributed by atoms with Crippen LogP contribution >= 0.6 is 24.3 Å². The minimum atomic E-state index is -3.60. The van der Waals surface area contributed by atoms with Crippen LogP contribution in [0.4, 0.5) is 8.78 Å². The quantitative estimate of drug-likeness (QED) is 0.158. The molecule has 1 atom stereocenters. The molecular formula is C34H32BrF2N4O4P. The zero-order chi connectivity index (χ0) is 33.1. The van der Waals surface area contributed by atoms with Crippen molar-refractivity contribution in [1.82, 2.24) is 20.3 Å². The number of alkyl halides is 2. The molecule has 0 aliphatic heterocycles. The van der Waals surface area contributed by atoms with Crippen molar-refractivity contribution in [3.8, 4) is 22.8 Å². The van der Waals surface area contributed by atoms with Gasteiger partial charge in [0.05, 0.1) is 5.92 Å². The number of nitrogens with zero attached hydrogens (tertiary/aromatic N) is 4. The summed E-state index contributed by atoms with van der Waals surface area (Å²) in [6, 6.07) is 34.2. The number of aromatic nitrogens is 4. The number of benzene rings is 4. The molecule has 0 bridgehead atoms. The lowest BCUT2D eigenvalue weighted by Gasteiger charge is -2.19. The number of halogens is 3. The van der Waals surface area contributed by atoms with Crippen LogP contribution in [0.2, 0.25) is 0 Å². The molecule has 0 radical (unpaired) electrons. The molecule has 46 heavy (non-hydrogen) atoms. The molecule has 4 aromatic carbocycles. The first kappa shape index (κ1) is 34.7. The average Bonchev–Trinajstić information content (AvgIpc) is 3.76. The van der Waals surface area contributed by atoms with Gasteiger partial charge in [-0.1, -0.05) is 130 Å². The maximum absolute atomic E-state index is 13.4. The molecule has 2 aromatic heterocycles. The van der Waals surface area contributed by atoms with E-state index < -0.39 is 14.0 Å². The molecule has 0 spiro atoms. The van der Waals surface area contributed by atoms with Crippen molar-refractivity contribution in [3.63, 3.8) is 0 Å². The van der Waals surface area contributed by atoms with Gasteiger partial charge in [-0.15, -0.1) is 0 Å². The topological polar surface area (TPSA) is 118 Å². The predicted octanol–water partition coefficient (Wildman–Crippen LogP) is 9.29. The molecule has 1 unspecified atom stereocenters. The number of aryl methyl sites for hydroxylation is 2. The molecule has 238 valence electrons. The minimum absolute atomic E-state index is 0.103. The summed E-state index contributed by atoms with van der Waals surface area (Å²) in [4.78, 5) is 25.9. The SMILES string of the molecule is CC(c1ccccc1)c1nc(-c2ccccc2)no1.CCc1ccc(Br)c(C(F)(F)P(O)O)c1.Cc1nc(-c2ccccc2)no1. The molecule has 2 N–H and O–H groups in total. The second-order valence-corrected chi connectivity index (χ2v) is 12.0. The van der Waals surface area contributed by atoms with Crippen molar-refractivity contribution in [2.45, 2.75) is 38.8 Å². The van der Waals surface area contributed by atoms with Crippen molar-refractivity contribution in [2.75, 3.05) is 0 Å². The maximum Gasteiger partial charge on any atom is 0.340 e. The molecule has 2 heterocycles. The molecule has 0 aliphatic carbocycles. The zero-order valence-corrected chi connectivity index (χ0v) is 27.7. The zero-order valence-electron chi connectivity index (χ0n) is 25.3. The lowest BCUT2D eigenvalue weighted by Crippen LogP contribution is -2.12. The fourth-order valence-electron chi connectivity index (χ4n) is 4.13. The predicted molar refractivity (Wildman–Crippen MR) is 177 cm³/mol. The van der Waals surface area contributed by atoms with E-state index in [9.17, 15) is 8.78 Å². The van der Waals surface area contributed by atoms with Crippen LogP contribution in [0.25, 0.3) is 22.8 Å². The summed E-state index contributed by atoms with van der Waals surface area (Å²) in [6.45, 7) is 5.68. The molecule has 0 saturated heterocycles. The third-order valence-electron chi connectivity index (χ3n) is 6.72. The van der Waals surface area contributed by atoms with Gasteiger partial charge in [-0.3, -0.25) is 0 Å².